The van der Waals surface area contributed by atoms with Gasteiger partial charge in [-0.3, -0.25) is 14.5 Å². The van der Waals surface area contributed by atoms with Crippen molar-refractivity contribution in [2.75, 3.05) is 33.8 Å². The summed E-state index contributed by atoms with van der Waals surface area (Å²) in [5.74, 6) is -0.629. The third kappa shape index (κ3) is 5.69. The van der Waals surface area contributed by atoms with Gasteiger partial charge in [0.1, 0.15) is 10.9 Å². The summed E-state index contributed by atoms with van der Waals surface area (Å²) in [4.78, 5) is 28.1. The van der Waals surface area contributed by atoms with Crippen LogP contribution in [0.2, 0.25) is 10.0 Å². The second kappa shape index (κ2) is 9.71. The third-order valence-electron chi connectivity index (χ3n) is 3.49. The van der Waals surface area contributed by atoms with Gasteiger partial charge >= 0.3 is 5.97 Å². The number of rotatable bonds is 7. The SMILES string of the molecule is CN(C)CCOC(=O)CCN1C(=O)C(=Cc2c(Cl)cccc2Cl)SC1=S. The van der Waals surface area contributed by atoms with Gasteiger partial charge in [0.25, 0.3) is 5.91 Å². The summed E-state index contributed by atoms with van der Waals surface area (Å²) in [6.45, 7) is 1.14. The van der Waals surface area contributed by atoms with Crippen molar-refractivity contribution >= 4 is 69.5 Å². The van der Waals surface area contributed by atoms with Crippen molar-refractivity contribution in [3.05, 3.63) is 38.7 Å². The summed E-state index contributed by atoms with van der Waals surface area (Å²) < 4.78 is 5.51. The van der Waals surface area contributed by atoms with Gasteiger partial charge in [0, 0.05) is 28.7 Å². The molecule has 0 radical (unpaired) electrons. The Kier molecular flexibility index (Phi) is 7.91. The highest BCUT2D eigenvalue weighted by molar-refractivity contribution is 8.26. The smallest absolute Gasteiger partial charge is 0.307 e. The molecule has 1 amide bonds. The van der Waals surface area contributed by atoms with Crippen molar-refractivity contribution < 1.29 is 14.3 Å². The Labute approximate surface area is 172 Å². The van der Waals surface area contributed by atoms with Gasteiger partial charge in [-0.05, 0) is 32.3 Å². The Bertz CT molecular complexity index is 733. The number of amides is 1. The fraction of sp³-hybridized carbons (Fsp3) is 0.353. The molecule has 1 heterocycles. The molecule has 1 aromatic carbocycles. The zero-order chi connectivity index (χ0) is 19.3. The van der Waals surface area contributed by atoms with Gasteiger partial charge < -0.3 is 9.64 Å². The molecule has 0 spiro atoms. The highest BCUT2D eigenvalue weighted by Gasteiger charge is 2.32. The van der Waals surface area contributed by atoms with Gasteiger partial charge in [-0.1, -0.05) is 53.2 Å². The highest BCUT2D eigenvalue weighted by atomic mass is 35.5. The van der Waals surface area contributed by atoms with E-state index in [0.29, 0.717) is 38.0 Å². The first-order valence-electron chi connectivity index (χ1n) is 7.79. The van der Waals surface area contributed by atoms with Gasteiger partial charge in [-0.15, -0.1) is 0 Å². The van der Waals surface area contributed by atoms with Gasteiger partial charge in [0.15, 0.2) is 0 Å². The topological polar surface area (TPSA) is 49.9 Å². The van der Waals surface area contributed by atoms with Crippen LogP contribution in [0.1, 0.15) is 12.0 Å². The Hall–Kier alpha value is -1.12. The summed E-state index contributed by atoms with van der Waals surface area (Å²) in [5.41, 5.74) is 0.569. The lowest BCUT2D eigenvalue weighted by atomic mass is 10.2. The second-order valence-electron chi connectivity index (χ2n) is 5.74. The molecule has 2 rings (SSSR count). The number of hydrogen-bond donors (Lipinski definition) is 0. The molecule has 0 bridgehead atoms. The van der Waals surface area contributed by atoms with Crippen LogP contribution in [-0.4, -0.2) is 59.8 Å². The summed E-state index contributed by atoms with van der Waals surface area (Å²) in [6.07, 6.45) is 1.71. The molecular formula is C17H18Cl2N2O3S2. The fourth-order valence-corrected chi connectivity index (χ4v) is 3.89. The molecule has 0 atom stereocenters. The molecule has 0 unspecified atom stereocenters. The number of esters is 1. The Balaban J connectivity index is 1.98. The average Bonchev–Trinajstić information content (AvgIpc) is 2.82. The molecular weight excluding hydrogens is 415 g/mol. The van der Waals surface area contributed by atoms with E-state index in [9.17, 15) is 9.59 Å². The summed E-state index contributed by atoms with van der Waals surface area (Å²) in [5, 5.41) is 0.902. The zero-order valence-electron chi connectivity index (χ0n) is 14.3. The Morgan fingerprint density at radius 1 is 1.35 bits per heavy atom. The molecule has 0 saturated carbocycles. The summed E-state index contributed by atoms with van der Waals surface area (Å²) in [6, 6.07) is 5.13. The van der Waals surface area contributed by atoms with Crippen LogP contribution in [0.5, 0.6) is 0 Å². The first-order chi connectivity index (χ1) is 12.3. The van der Waals surface area contributed by atoms with Gasteiger partial charge in [-0.2, -0.15) is 0 Å². The molecule has 9 heteroatoms. The van der Waals surface area contributed by atoms with Crippen LogP contribution in [0.15, 0.2) is 23.1 Å². The number of benzene rings is 1. The van der Waals surface area contributed by atoms with Crippen molar-refractivity contribution in [2.45, 2.75) is 6.42 Å². The number of ether oxygens (including phenoxy) is 1. The standard InChI is InChI=1S/C17H18Cl2N2O3S2/c1-20(2)8-9-24-15(22)6-7-21-16(23)14(26-17(21)25)10-11-12(18)4-3-5-13(11)19/h3-5,10H,6-9H2,1-2H3. The van der Waals surface area contributed by atoms with Gasteiger partial charge in [0.2, 0.25) is 0 Å². The monoisotopic (exact) mass is 432 g/mol. The van der Waals surface area contributed by atoms with Crippen LogP contribution in [-0.2, 0) is 14.3 Å². The molecule has 0 aliphatic carbocycles. The van der Waals surface area contributed by atoms with Crippen LogP contribution >= 0.6 is 47.2 Å². The zero-order valence-corrected chi connectivity index (χ0v) is 17.5. The van der Waals surface area contributed by atoms with E-state index < -0.39 is 0 Å². The number of carbonyl (C=O) groups is 2. The third-order valence-corrected chi connectivity index (χ3v) is 5.53. The Morgan fingerprint density at radius 3 is 2.62 bits per heavy atom. The molecule has 26 heavy (non-hydrogen) atoms. The minimum absolute atomic E-state index is 0.0833. The van der Waals surface area contributed by atoms with Gasteiger partial charge in [-0.25, -0.2) is 0 Å². The average molecular weight is 433 g/mol. The van der Waals surface area contributed by atoms with E-state index >= 15 is 0 Å². The second-order valence-corrected chi connectivity index (χ2v) is 8.23. The van der Waals surface area contributed by atoms with Crippen LogP contribution in [0.25, 0.3) is 6.08 Å². The molecule has 0 aromatic heterocycles. The van der Waals surface area contributed by atoms with Crippen molar-refractivity contribution in [3.63, 3.8) is 0 Å². The first-order valence-corrected chi connectivity index (χ1v) is 9.77. The normalized spacial score (nSPS) is 16.0. The van der Waals surface area contributed by atoms with Crippen LogP contribution in [0.3, 0.4) is 0 Å². The highest BCUT2D eigenvalue weighted by Crippen LogP contribution is 2.35. The predicted molar refractivity (Wildman–Crippen MR) is 110 cm³/mol. The van der Waals surface area contributed by atoms with Crippen molar-refractivity contribution in [2.24, 2.45) is 0 Å². The number of thioether (sulfide) groups is 1. The lowest BCUT2D eigenvalue weighted by Gasteiger charge is -2.14. The Morgan fingerprint density at radius 2 is 2.00 bits per heavy atom. The number of thiocarbonyl (C=S) groups is 1. The van der Waals surface area contributed by atoms with Crippen molar-refractivity contribution in [1.29, 1.82) is 0 Å². The van der Waals surface area contributed by atoms with E-state index in [4.69, 9.17) is 40.2 Å². The number of halogens is 2. The number of nitrogens with zero attached hydrogens (tertiary/aromatic N) is 2. The maximum atomic E-state index is 12.6. The fourth-order valence-electron chi connectivity index (χ4n) is 2.09. The summed E-state index contributed by atoms with van der Waals surface area (Å²) >= 11 is 18.7. The molecule has 1 aromatic rings. The van der Waals surface area contributed by atoms with Crippen molar-refractivity contribution in [3.8, 4) is 0 Å². The van der Waals surface area contributed by atoms with E-state index in [1.807, 2.05) is 19.0 Å². The van der Waals surface area contributed by atoms with E-state index in [0.717, 1.165) is 11.8 Å². The minimum Gasteiger partial charge on any atom is -0.464 e. The molecule has 0 N–H and O–H groups in total. The number of carbonyl (C=O) groups excluding carboxylic acids is 2. The molecule has 1 saturated heterocycles. The van der Waals surface area contributed by atoms with E-state index in [2.05, 4.69) is 0 Å². The molecule has 5 nitrogen and oxygen atoms in total. The maximum Gasteiger partial charge on any atom is 0.307 e. The maximum absolute atomic E-state index is 12.6. The van der Waals surface area contributed by atoms with Crippen LogP contribution in [0, 0.1) is 0 Å². The quantitative estimate of drug-likeness (QED) is 0.372. The minimum atomic E-state index is -0.362. The van der Waals surface area contributed by atoms with Crippen molar-refractivity contribution in [1.82, 2.24) is 9.80 Å². The van der Waals surface area contributed by atoms with E-state index in [-0.39, 0.29) is 24.8 Å². The molecule has 1 aliphatic rings. The van der Waals surface area contributed by atoms with E-state index in [1.165, 1.54) is 4.90 Å². The number of likely N-dealkylation sites (N-methyl/N-ethyl adjacent to an activating group) is 1. The predicted octanol–water partition coefficient (Wildman–Crippen LogP) is 3.69. The van der Waals surface area contributed by atoms with Crippen LogP contribution in [0.4, 0.5) is 0 Å². The molecule has 1 fully saturated rings. The van der Waals surface area contributed by atoms with E-state index in [1.54, 1.807) is 24.3 Å². The van der Waals surface area contributed by atoms with Gasteiger partial charge in [0.05, 0.1) is 11.3 Å². The molecule has 1 aliphatic heterocycles. The largest absolute Gasteiger partial charge is 0.464 e. The molecule has 140 valence electrons. The lowest BCUT2D eigenvalue weighted by molar-refractivity contribution is -0.144. The number of hydrogen-bond acceptors (Lipinski definition) is 6. The van der Waals surface area contributed by atoms with Crippen LogP contribution < -0.4 is 0 Å². The lowest BCUT2D eigenvalue weighted by Crippen LogP contribution is -2.31. The first kappa shape index (κ1) is 21.2. The summed E-state index contributed by atoms with van der Waals surface area (Å²) in [7, 11) is 3.79.